The van der Waals surface area contributed by atoms with E-state index in [1.807, 2.05) is 13.8 Å². The quantitative estimate of drug-likeness (QED) is 0.447. The number of rotatable bonds is 10. The zero-order valence-corrected chi connectivity index (χ0v) is 17.2. The Balaban J connectivity index is 2.72. The van der Waals surface area contributed by atoms with E-state index in [1.54, 1.807) is 6.92 Å². The fourth-order valence-electron chi connectivity index (χ4n) is 2.19. The summed E-state index contributed by atoms with van der Waals surface area (Å²) in [7, 11) is -3.08. The molecule has 0 aliphatic carbocycles. The number of benzene rings is 1. The number of guanidine groups is 1. The molecule has 0 saturated heterocycles. The highest BCUT2D eigenvalue weighted by molar-refractivity contribution is 7.91. The molecule has 0 saturated carbocycles. The number of aliphatic imine (C=N–C) groups is 1. The van der Waals surface area contributed by atoms with Crippen LogP contribution < -0.4 is 15.4 Å². The molecule has 1 rings (SSSR count). The minimum atomic E-state index is -4.43. The third-order valence-electron chi connectivity index (χ3n) is 3.86. The molecule has 0 amide bonds. The van der Waals surface area contributed by atoms with Gasteiger partial charge in [-0.05, 0) is 31.5 Å². The van der Waals surface area contributed by atoms with Crippen LogP contribution in [0.15, 0.2) is 29.3 Å². The van der Waals surface area contributed by atoms with E-state index in [2.05, 4.69) is 15.6 Å². The third-order valence-corrected chi connectivity index (χ3v) is 5.57. The fourth-order valence-corrected chi connectivity index (χ4v) is 2.89. The molecule has 1 unspecified atom stereocenters. The van der Waals surface area contributed by atoms with Crippen molar-refractivity contribution in [3.05, 3.63) is 29.8 Å². The molecule has 0 radical (unpaired) electrons. The van der Waals surface area contributed by atoms with E-state index in [0.29, 0.717) is 18.9 Å². The zero-order valence-electron chi connectivity index (χ0n) is 16.3. The highest BCUT2D eigenvalue weighted by Gasteiger charge is 2.30. The Morgan fingerprint density at radius 1 is 1.21 bits per heavy atom. The van der Waals surface area contributed by atoms with Crippen LogP contribution in [-0.4, -0.2) is 51.6 Å². The molecule has 0 fully saturated rings. The van der Waals surface area contributed by atoms with Crippen molar-refractivity contribution in [2.24, 2.45) is 4.99 Å². The molecule has 2 N–H and O–H groups in total. The maximum absolute atomic E-state index is 12.8. The highest BCUT2D eigenvalue weighted by atomic mass is 32.2. The Morgan fingerprint density at radius 3 is 2.50 bits per heavy atom. The lowest BCUT2D eigenvalue weighted by atomic mass is 10.2. The largest absolute Gasteiger partial charge is 0.488 e. The second-order valence-electron chi connectivity index (χ2n) is 6.06. The van der Waals surface area contributed by atoms with Crippen molar-refractivity contribution < 1.29 is 26.3 Å². The van der Waals surface area contributed by atoms with E-state index in [9.17, 15) is 21.6 Å². The van der Waals surface area contributed by atoms with Crippen LogP contribution in [0.1, 0.15) is 32.8 Å². The SMILES string of the molecule is CCNC(=NCC(CC)Oc1cccc(C(F)(F)F)c1)NCCS(=O)(=O)CC. The Bertz CT molecular complexity index is 737. The predicted octanol–water partition coefficient (Wildman–Crippen LogP) is 2.85. The van der Waals surface area contributed by atoms with Crippen LogP contribution in [0.3, 0.4) is 0 Å². The maximum Gasteiger partial charge on any atom is 0.416 e. The molecule has 1 aromatic rings. The van der Waals surface area contributed by atoms with Crippen molar-refractivity contribution in [1.29, 1.82) is 0 Å². The lowest BCUT2D eigenvalue weighted by Gasteiger charge is -2.18. The molecular weight excluding hydrogens is 395 g/mol. The summed E-state index contributed by atoms with van der Waals surface area (Å²) in [5.74, 6) is 0.625. The molecule has 28 heavy (non-hydrogen) atoms. The summed E-state index contributed by atoms with van der Waals surface area (Å²) in [6.45, 7) is 6.32. The first-order valence-corrected chi connectivity index (χ1v) is 11.0. The number of sulfone groups is 1. The van der Waals surface area contributed by atoms with E-state index in [0.717, 1.165) is 12.1 Å². The van der Waals surface area contributed by atoms with Crippen molar-refractivity contribution in [2.45, 2.75) is 39.5 Å². The van der Waals surface area contributed by atoms with Gasteiger partial charge in [0.25, 0.3) is 0 Å². The van der Waals surface area contributed by atoms with Gasteiger partial charge >= 0.3 is 6.18 Å². The van der Waals surface area contributed by atoms with Crippen LogP contribution in [0, 0.1) is 0 Å². The van der Waals surface area contributed by atoms with Crippen molar-refractivity contribution >= 4 is 15.8 Å². The van der Waals surface area contributed by atoms with Gasteiger partial charge in [-0.3, -0.25) is 0 Å². The van der Waals surface area contributed by atoms with Gasteiger partial charge in [-0.15, -0.1) is 0 Å². The molecule has 1 aromatic carbocycles. The summed E-state index contributed by atoms with van der Waals surface area (Å²) in [6, 6.07) is 4.73. The number of nitrogens with zero attached hydrogens (tertiary/aromatic N) is 1. The number of alkyl halides is 3. The molecule has 6 nitrogen and oxygen atoms in total. The van der Waals surface area contributed by atoms with Crippen LogP contribution in [0.4, 0.5) is 13.2 Å². The number of halogens is 3. The first-order chi connectivity index (χ1) is 13.1. The molecule has 0 heterocycles. The van der Waals surface area contributed by atoms with Crippen LogP contribution >= 0.6 is 0 Å². The van der Waals surface area contributed by atoms with Crippen LogP contribution in [0.5, 0.6) is 5.75 Å². The molecule has 160 valence electrons. The van der Waals surface area contributed by atoms with Crippen molar-refractivity contribution in [3.63, 3.8) is 0 Å². The summed E-state index contributed by atoms with van der Waals surface area (Å²) in [6.07, 6.45) is -4.30. The van der Waals surface area contributed by atoms with Gasteiger partial charge in [0.15, 0.2) is 15.8 Å². The first-order valence-electron chi connectivity index (χ1n) is 9.17. The Morgan fingerprint density at radius 2 is 1.93 bits per heavy atom. The lowest BCUT2D eigenvalue weighted by Crippen LogP contribution is -2.40. The van der Waals surface area contributed by atoms with E-state index >= 15 is 0 Å². The molecular formula is C18H28F3N3O3S. The fraction of sp³-hybridized carbons (Fsp3) is 0.611. The minimum absolute atomic E-state index is 0.00808. The van der Waals surface area contributed by atoms with Gasteiger partial charge in [-0.25, -0.2) is 13.4 Å². The molecule has 0 bridgehead atoms. The van der Waals surface area contributed by atoms with Crippen LogP contribution in [-0.2, 0) is 16.0 Å². The molecule has 0 aromatic heterocycles. The van der Waals surface area contributed by atoms with Gasteiger partial charge in [0.2, 0.25) is 0 Å². The Labute approximate surface area is 164 Å². The van der Waals surface area contributed by atoms with Crippen LogP contribution in [0.2, 0.25) is 0 Å². The Hall–Kier alpha value is -1.97. The van der Waals surface area contributed by atoms with Gasteiger partial charge < -0.3 is 15.4 Å². The van der Waals surface area contributed by atoms with E-state index in [1.165, 1.54) is 12.1 Å². The molecule has 1 atom stereocenters. The van der Waals surface area contributed by atoms with E-state index < -0.39 is 27.7 Å². The average molecular weight is 424 g/mol. The normalized spacial score (nSPS) is 13.9. The zero-order chi connectivity index (χ0) is 21.2. The summed E-state index contributed by atoms with van der Waals surface area (Å²) in [5, 5.41) is 5.94. The van der Waals surface area contributed by atoms with Gasteiger partial charge in [0, 0.05) is 18.8 Å². The molecule has 0 aliphatic heterocycles. The van der Waals surface area contributed by atoms with Gasteiger partial charge in [0.05, 0.1) is 17.9 Å². The summed E-state index contributed by atoms with van der Waals surface area (Å²) in [4.78, 5) is 4.35. The summed E-state index contributed by atoms with van der Waals surface area (Å²) in [5.41, 5.74) is -0.768. The smallest absolute Gasteiger partial charge is 0.416 e. The van der Waals surface area contributed by atoms with Crippen molar-refractivity contribution in [2.75, 3.05) is 31.1 Å². The first kappa shape index (κ1) is 24.1. The molecule has 10 heteroatoms. The maximum atomic E-state index is 12.8. The predicted molar refractivity (Wildman–Crippen MR) is 104 cm³/mol. The van der Waals surface area contributed by atoms with E-state index in [4.69, 9.17) is 4.74 Å². The van der Waals surface area contributed by atoms with Crippen molar-refractivity contribution in [1.82, 2.24) is 10.6 Å². The highest BCUT2D eigenvalue weighted by Crippen LogP contribution is 2.31. The second-order valence-corrected chi connectivity index (χ2v) is 8.53. The third kappa shape index (κ3) is 8.81. The van der Waals surface area contributed by atoms with Crippen molar-refractivity contribution in [3.8, 4) is 5.75 Å². The number of nitrogens with one attached hydrogen (secondary N) is 2. The number of hydrogen-bond donors (Lipinski definition) is 2. The number of hydrogen-bond acceptors (Lipinski definition) is 4. The Kier molecular flexibility index (Phi) is 9.57. The van der Waals surface area contributed by atoms with Gasteiger partial charge in [-0.2, -0.15) is 13.2 Å². The molecule has 0 spiro atoms. The average Bonchev–Trinajstić information content (AvgIpc) is 2.64. The van der Waals surface area contributed by atoms with E-state index in [-0.39, 0.29) is 30.3 Å². The minimum Gasteiger partial charge on any atom is -0.488 e. The topological polar surface area (TPSA) is 79.8 Å². The summed E-state index contributed by atoms with van der Waals surface area (Å²) >= 11 is 0. The lowest BCUT2D eigenvalue weighted by molar-refractivity contribution is -0.137. The molecule has 0 aliphatic rings. The van der Waals surface area contributed by atoms with Gasteiger partial charge in [0.1, 0.15) is 11.9 Å². The number of ether oxygens (including phenoxy) is 1. The summed E-state index contributed by atoms with van der Waals surface area (Å²) < 4.78 is 67.2. The second kappa shape index (κ2) is 11.1. The van der Waals surface area contributed by atoms with Crippen LogP contribution in [0.25, 0.3) is 0 Å². The standard InChI is InChI=1S/C18H28F3N3O3S/c1-4-15(27-16-9-7-8-14(12-16)18(19,20)21)13-24-17(22-5-2)23-10-11-28(25,26)6-3/h7-9,12,15H,4-6,10-11,13H2,1-3H3,(H2,22,23,24). The monoisotopic (exact) mass is 423 g/mol. The van der Waals surface area contributed by atoms with Gasteiger partial charge in [-0.1, -0.05) is 19.9 Å².